The van der Waals surface area contributed by atoms with E-state index in [-0.39, 0.29) is 33.4 Å². The molecule has 0 aliphatic heterocycles. The minimum absolute atomic E-state index is 0.0589. The lowest BCUT2D eigenvalue weighted by Gasteiger charge is -2.22. The van der Waals surface area contributed by atoms with Crippen molar-refractivity contribution in [2.75, 3.05) is 28.2 Å². The second-order valence-electron chi connectivity index (χ2n) is 8.72. The molecule has 4 aromatic rings. The molecule has 0 radical (unpaired) electrons. The number of amides is 1. The highest BCUT2D eigenvalue weighted by atomic mass is 35.5. The number of nitrogens with zero attached hydrogens (tertiary/aromatic N) is 1. The Bertz CT molecular complexity index is 1550. The molecule has 1 amide bonds. The van der Waals surface area contributed by atoms with E-state index in [0.29, 0.717) is 23.5 Å². The number of rotatable bonds is 13. The molecule has 0 aliphatic carbocycles. The van der Waals surface area contributed by atoms with Gasteiger partial charge >= 0.3 is 5.97 Å². The summed E-state index contributed by atoms with van der Waals surface area (Å²) in [7, 11) is 0. The van der Waals surface area contributed by atoms with Crippen molar-refractivity contribution >= 4 is 63.9 Å². The number of aliphatic carboxylic acids is 1. The van der Waals surface area contributed by atoms with Crippen LogP contribution in [0.3, 0.4) is 0 Å². The molecule has 1 atom stereocenters. The van der Waals surface area contributed by atoms with E-state index < -0.39 is 28.8 Å². The van der Waals surface area contributed by atoms with Crippen LogP contribution in [0, 0.1) is 0 Å². The summed E-state index contributed by atoms with van der Waals surface area (Å²) < 4.78 is 0. The van der Waals surface area contributed by atoms with E-state index in [9.17, 15) is 24.3 Å². The van der Waals surface area contributed by atoms with E-state index >= 15 is 0 Å². The number of carbonyl (C=O) groups excluding carboxylic acids is 1. The van der Waals surface area contributed by atoms with Crippen molar-refractivity contribution in [1.82, 2.24) is 4.98 Å². The number of carboxylic acid groups (broad SMARTS) is 1. The summed E-state index contributed by atoms with van der Waals surface area (Å²) in [5, 5.41) is 18.3. The minimum atomic E-state index is -1.10. The number of pyridine rings is 1. The molecule has 0 bridgehead atoms. The summed E-state index contributed by atoms with van der Waals surface area (Å²) in [6.45, 7) is 0.459. The average molecular weight is 599 g/mol. The molecule has 40 heavy (non-hydrogen) atoms. The zero-order valence-corrected chi connectivity index (χ0v) is 23.3. The van der Waals surface area contributed by atoms with E-state index in [4.69, 9.17) is 23.2 Å². The Labute approximate surface area is 243 Å². The number of halogens is 2. The molecule has 4 N–H and O–H groups in total. The highest BCUT2D eigenvalue weighted by Gasteiger charge is 2.25. The molecule has 0 spiro atoms. The molecule has 1 unspecified atom stereocenters. The summed E-state index contributed by atoms with van der Waals surface area (Å²) in [5.41, 5.74) is 1.08. The Morgan fingerprint density at radius 3 is 2.23 bits per heavy atom. The zero-order valence-electron chi connectivity index (χ0n) is 20.9. The largest absolute Gasteiger partial charge is 0.481 e. The van der Waals surface area contributed by atoms with E-state index in [1.807, 2.05) is 30.3 Å². The molecule has 9 nitrogen and oxygen atoms in total. The highest BCUT2D eigenvalue weighted by Crippen LogP contribution is 2.28. The number of anilines is 3. The van der Waals surface area contributed by atoms with Crippen molar-refractivity contribution in [1.29, 1.82) is 0 Å². The first-order chi connectivity index (χ1) is 19.2. The lowest BCUT2D eigenvalue weighted by atomic mass is 10.0. The second-order valence-corrected chi connectivity index (χ2v) is 10.6. The zero-order chi connectivity index (χ0) is 28.6. The molecule has 1 aromatic heterocycles. The van der Waals surface area contributed by atoms with Crippen molar-refractivity contribution in [2.24, 2.45) is 0 Å². The fraction of sp³-hybridized carbons (Fsp3) is 0.179. The summed E-state index contributed by atoms with van der Waals surface area (Å²) >= 11 is 13.8. The topological polar surface area (TPSA) is 137 Å². The van der Waals surface area contributed by atoms with Gasteiger partial charge in [0.25, 0.3) is 16.8 Å². The monoisotopic (exact) mass is 598 g/mol. The Morgan fingerprint density at radius 2 is 1.57 bits per heavy atom. The van der Waals surface area contributed by atoms with Crippen LogP contribution in [-0.4, -0.2) is 34.3 Å². The van der Waals surface area contributed by atoms with Crippen LogP contribution in [0.4, 0.5) is 17.1 Å². The third-order valence-corrected chi connectivity index (χ3v) is 7.52. The lowest BCUT2D eigenvalue weighted by Crippen LogP contribution is -2.38. The number of nitrogens with one attached hydrogen (secondary N) is 3. The van der Waals surface area contributed by atoms with Crippen molar-refractivity contribution in [3.8, 4) is 0 Å². The van der Waals surface area contributed by atoms with Crippen LogP contribution >= 0.6 is 35.0 Å². The first-order valence-electron chi connectivity index (χ1n) is 12.1. The van der Waals surface area contributed by atoms with E-state index in [0.717, 1.165) is 5.75 Å². The molecule has 4 rings (SSSR count). The SMILES string of the molecule is O=C(O)CC(Nc1c(NCCSCc2ccccc2)c(=O)c1=O)c1ccc(NC(=O)c2c(Cl)cncc2Cl)cc1. The van der Waals surface area contributed by atoms with Gasteiger partial charge in [-0.2, -0.15) is 11.8 Å². The van der Waals surface area contributed by atoms with Gasteiger partial charge in [-0.3, -0.25) is 24.2 Å². The lowest BCUT2D eigenvalue weighted by molar-refractivity contribution is -0.137. The van der Waals surface area contributed by atoms with Gasteiger partial charge in [-0.25, -0.2) is 0 Å². The van der Waals surface area contributed by atoms with E-state index in [1.54, 1.807) is 36.0 Å². The number of carbonyl (C=O) groups is 2. The Balaban J connectivity index is 1.40. The predicted molar refractivity (Wildman–Crippen MR) is 160 cm³/mol. The van der Waals surface area contributed by atoms with Gasteiger partial charge in [-0.15, -0.1) is 0 Å². The molecule has 206 valence electrons. The second kappa shape index (κ2) is 13.5. The molecule has 0 saturated heterocycles. The van der Waals surface area contributed by atoms with E-state index in [2.05, 4.69) is 20.9 Å². The van der Waals surface area contributed by atoms with Crippen molar-refractivity contribution < 1.29 is 14.7 Å². The number of benzene rings is 2. The molecule has 3 aromatic carbocycles. The van der Waals surface area contributed by atoms with Crippen LogP contribution < -0.4 is 26.8 Å². The number of carboxylic acids is 1. The normalized spacial score (nSPS) is 11.7. The maximum Gasteiger partial charge on any atom is 0.305 e. The summed E-state index contributed by atoms with van der Waals surface area (Å²) in [4.78, 5) is 52.6. The van der Waals surface area contributed by atoms with Crippen LogP contribution in [0.1, 0.15) is 33.9 Å². The van der Waals surface area contributed by atoms with Crippen molar-refractivity contribution in [2.45, 2.75) is 18.2 Å². The Morgan fingerprint density at radius 1 is 0.925 bits per heavy atom. The standard InChI is InChI=1S/C28H24Cl2N4O5S/c29-19-13-31-14-20(30)23(19)28(39)33-18-8-6-17(7-9-18)21(12-22(35)36)34-25-24(26(37)27(25)38)32-10-11-40-15-16-4-2-1-3-5-16/h1-9,13-14,21,32,34H,10-12,15H2,(H,33,39)(H,35,36). The Kier molecular flexibility index (Phi) is 9.81. The first-order valence-corrected chi connectivity index (χ1v) is 14.0. The average Bonchev–Trinajstić information content (AvgIpc) is 2.94. The molecule has 12 heteroatoms. The van der Waals surface area contributed by atoms with Crippen LogP contribution in [0.15, 0.2) is 76.6 Å². The van der Waals surface area contributed by atoms with Crippen molar-refractivity contribution in [3.05, 3.63) is 114 Å². The molecule has 0 fully saturated rings. The number of aromatic nitrogens is 1. The fourth-order valence-electron chi connectivity index (χ4n) is 3.93. The minimum Gasteiger partial charge on any atom is -0.481 e. The number of thioether (sulfide) groups is 1. The predicted octanol–water partition coefficient (Wildman–Crippen LogP) is 5.21. The van der Waals surface area contributed by atoms with Crippen LogP contribution in [0.5, 0.6) is 0 Å². The quantitative estimate of drug-likeness (QED) is 0.121. The molecular weight excluding hydrogens is 575 g/mol. The molecule has 0 aliphatic rings. The van der Waals surface area contributed by atoms with Gasteiger partial charge in [0, 0.05) is 36.1 Å². The van der Waals surface area contributed by atoms with Crippen molar-refractivity contribution in [3.63, 3.8) is 0 Å². The maximum absolute atomic E-state index is 12.6. The summed E-state index contributed by atoms with van der Waals surface area (Å²) in [6, 6.07) is 15.6. The number of hydrogen-bond donors (Lipinski definition) is 4. The summed E-state index contributed by atoms with van der Waals surface area (Å²) in [6.07, 6.45) is 2.27. The van der Waals surface area contributed by atoms with Gasteiger partial charge < -0.3 is 21.1 Å². The van der Waals surface area contributed by atoms with Crippen LogP contribution in [0.25, 0.3) is 0 Å². The highest BCUT2D eigenvalue weighted by molar-refractivity contribution is 7.98. The van der Waals surface area contributed by atoms with Gasteiger partial charge in [0.05, 0.1) is 28.1 Å². The smallest absolute Gasteiger partial charge is 0.305 e. The first kappa shape index (κ1) is 29.1. The van der Waals surface area contributed by atoms with Gasteiger partial charge in [0.1, 0.15) is 11.4 Å². The molecule has 0 saturated carbocycles. The van der Waals surface area contributed by atoms with Gasteiger partial charge in [0.2, 0.25) is 0 Å². The van der Waals surface area contributed by atoms with Crippen LogP contribution in [-0.2, 0) is 10.5 Å². The van der Waals surface area contributed by atoms with Gasteiger partial charge in [0.15, 0.2) is 0 Å². The van der Waals surface area contributed by atoms with Gasteiger partial charge in [-0.05, 0) is 23.3 Å². The maximum atomic E-state index is 12.6. The van der Waals surface area contributed by atoms with Gasteiger partial charge in [-0.1, -0.05) is 65.7 Å². The van der Waals surface area contributed by atoms with E-state index in [1.165, 1.54) is 18.0 Å². The third kappa shape index (κ3) is 7.20. The third-order valence-electron chi connectivity index (χ3n) is 5.92. The van der Waals surface area contributed by atoms with Crippen LogP contribution in [0.2, 0.25) is 10.0 Å². The Hall–Kier alpha value is -3.86. The fourth-order valence-corrected chi connectivity index (χ4v) is 5.29. The summed E-state index contributed by atoms with van der Waals surface area (Å²) in [5.74, 6) is -0.109. The molecular formula is C28H24Cl2N4O5S. The number of hydrogen-bond acceptors (Lipinski definition) is 8. The molecule has 1 heterocycles.